The van der Waals surface area contributed by atoms with Crippen LogP contribution < -0.4 is 5.73 Å². The summed E-state index contributed by atoms with van der Waals surface area (Å²) in [6.45, 7) is 6.84. The number of likely N-dealkylation sites (tertiary alicyclic amines) is 1. The number of carbonyl (C=O) groups excluding carboxylic acids is 1. The normalized spacial score (nSPS) is 24.8. The Morgan fingerprint density at radius 1 is 1.40 bits per heavy atom. The van der Waals surface area contributed by atoms with E-state index in [-0.39, 0.29) is 17.4 Å². The van der Waals surface area contributed by atoms with Crippen LogP contribution in [0.25, 0.3) is 0 Å². The van der Waals surface area contributed by atoms with Crippen LogP contribution in [0.15, 0.2) is 12.3 Å². The van der Waals surface area contributed by atoms with Gasteiger partial charge in [0.25, 0.3) is 0 Å². The zero-order chi connectivity index (χ0) is 14.3. The molecule has 4 heteroatoms. The molecule has 1 amide bonds. The number of carbonyl (C=O) groups is 1. The minimum Gasteiger partial charge on any atom is -0.342 e. The van der Waals surface area contributed by atoms with Crippen molar-refractivity contribution in [2.75, 3.05) is 13.1 Å². The number of rotatable bonds is 2. The zero-order valence-electron chi connectivity index (χ0n) is 12.6. The van der Waals surface area contributed by atoms with E-state index in [0.717, 1.165) is 38.8 Å². The summed E-state index contributed by atoms with van der Waals surface area (Å²) in [6, 6.07) is 2.21. The van der Waals surface area contributed by atoms with Gasteiger partial charge in [-0.05, 0) is 42.7 Å². The fraction of sp³-hybridized carbons (Fsp3) is 0.688. The summed E-state index contributed by atoms with van der Waals surface area (Å²) in [5.74, 6) is 0.248. The van der Waals surface area contributed by atoms with Gasteiger partial charge in [-0.15, -0.1) is 0 Å². The molecule has 0 spiro atoms. The van der Waals surface area contributed by atoms with Gasteiger partial charge in [-0.2, -0.15) is 0 Å². The van der Waals surface area contributed by atoms with Crippen LogP contribution in [0.5, 0.6) is 0 Å². The molecule has 1 unspecified atom stereocenters. The highest BCUT2D eigenvalue weighted by Crippen LogP contribution is 2.39. The number of amides is 1. The third-order valence-electron chi connectivity index (χ3n) is 4.70. The van der Waals surface area contributed by atoms with Crippen molar-refractivity contribution in [3.63, 3.8) is 0 Å². The summed E-state index contributed by atoms with van der Waals surface area (Å²) in [5, 5.41) is 0. The standard InChI is InChI=1S/C16H25N3O/c1-16(2)9-13(17)12-5-8-19(14(12)10-16)11-15(20)18-6-3-4-7-18/h5,8,13H,3-4,6-7,9-11,17H2,1-2H3. The Morgan fingerprint density at radius 2 is 2.10 bits per heavy atom. The smallest absolute Gasteiger partial charge is 0.242 e. The van der Waals surface area contributed by atoms with Gasteiger partial charge in [0.15, 0.2) is 0 Å². The molecule has 1 aliphatic carbocycles. The Morgan fingerprint density at radius 3 is 2.80 bits per heavy atom. The predicted octanol–water partition coefficient (Wildman–Crippen LogP) is 2.08. The van der Waals surface area contributed by atoms with Gasteiger partial charge in [0, 0.05) is 31.0 Å². The summed E-state index contributed by atoms with van der Waals surface area (Å²) in [4.78, 5) is 14.3. The summed E-state index contributed by atoms with van der Waals surface area (Å²) in [5.41, 5.74) is 9.00. The minimum atomic E-state index is 0.108. The lowest BCUT2D eigenvalue weighted by molar-refractivity contribution is -0.130. The van der Waals surface area contributed by atoms with Gasteiger partial charge in [0.1, 0.15) is 6.54 Å². The van der Waals surface area contributed by atoms with E-state index >= 15 is 0 Å². The van der Waals surface area contributed by atoms with E-state index in [2.05, 4.69) is 24.5 Å². The summed E-state index contributed by atoms with van der Waals surface area (Å²) < 4.78 is 2.12. The monoisotopic (exact) mass is 275 g/mol. The highest BCUT2D eigenvalue weighted by molar-refractivity contribution is 5.76. The molecule has 0 saturated carbocycles. The molecule has 110 valence electrons. The zero-order valence-corrected chi connectivity index (χ0v) is 12.6. The molecule has 0 aromatic carbocycles. The molecule has 2 heterocycles. The highest BCUT2D eigenvalue weighted by Gasteiger charge is 2.32. The van der Waals surface area contributed by atoms with Crippen LogP contribution >= 0.6 is 0 Å². The Hall–Kier alpha value is -1.29. The van der Waals surface area contributed by atoms with Gasteiger partial charge in [-0.3, -0.25) is 4.79 Å². The predicted molar refractivity (Wildman–Crippen MR) is 79.3 cm³/mol. The highest BCUT2D eigenvalue weighted by atomic mass is 16.2. The molecule has 1 aliphatic heterocycles. The molecule has 1 atom stereocenters. The first kappa shape index (κ1) is 13.7. The molecular formula is C16H25N3O. The van der Waals surface area contributed by atoms with Crippen molar-refractivity contribution in [3.05, 3.63) is 23.5 Å². The van der Waals surface area contributed by atoms with Gasteiger partial charge >= 0.3 is 0 Å². The van der Waals surface area contributed by atoms with Crippen molar-refractivity contribution in [1.82, 2.24) is 9.47 Å². The quantitative estimate of drug-likeness (QED) is 0.898. The molecule has 3 rings (SSSR count). The Bertz CT molecular complexity index is 512. The van der Waals surface area contributed by atoms with E-state index in [1.54, 1.807) is 0 Å². The van der Waals surface area contributed by atoms with Crippen molar-refractivity contribution in [3.8, 4) is 0 Å². The molecule has 4 nitrogen and oxygen atoms in total. The first-order valence-corrected chi connectivity index (χ1v) is 7.67. The van der Waals surface area contributed by atoms with Crippen molar-refractivity contribution in [1.29, 1.82) is 0 Å². The van der Waals surface area contributed by atoms with Crippen molar-refractivity contribution >= 4 is 5.91 Å². The summed E-state index contributed by atoms with van der Waals surface area (Å²) in [6.07, 6.45) is 6.36. The van der Waals surface area contributed by atoms with Gasteiger partial charge < -0.3 is 15.2 Å². The third kappa shape index (κ3) is 2.49. The molecule has 0 radical (unpaired) electrons. The van der Waals surface area contributed by atoms with Crippen LogP contribution in [0.2, 0.25) is 0 Å². The second-order valence-electron chi connectivity index (χ2n) is 7.09. The van der Waals surface area contributed by atoms with Crippen molar-refractivity contribution in [2.45, 2.75) is 52.1 Å². The molecule has 1 fully saturated rings. The Balaban J connectivity index is 1.80. The van der Waals surface area contributed by atoms with Crippen LogP contribution in [-0.2, 0) is 17.8 Å². The SMILES string of the molecule is CC1(C)Cc2c(ccn2CC(=O)N2CCCC2)C(N)C1. The number of aromatic nitrogens is 1. The maximum absolute atomic E-state index is 12.3. The van der Waals surface area contributed by atoms with Crippen molar-refractivity contribution < 1.29 is 4.79 Å². The first-order valence-electron chi connectivity index (χ1n) is 7.67. The van der Waals surface area contributed by atoms with Crippen LogP contribution in [0.4, 0.5) is 0 Å². The second-order valence-corrected chi connectivity index (χ2v) is 7.09. The number of hydrogen-bond donors (Lipinski definition) is 1. The molecule has 2 N–H and O–H groups in total. The lowest BCUT2D eigenvalue weighted by Gasteiger charge is -2.34. The molecule has 1 aromatic rings. The van der Waals surface area contributed by atoms with Gasteiger partial charge in [-0.25, -0.2) is 0 Å². The topological polar surface area (TPSA) is 51.3 Å². The number of nitrogens with zero attached hydrogens (tertiary/aromatic N) is 2. The van der Waals surface area contributed by atoms with Crippen molar-refractivity contribution in [2.24, 2.45) is 11.1 Å². The maximum Gasteiger partial charge on any atom is 0.242 e. The number of nitrogens with two attached hydrogens (primary N) is 1. The Kier molecular flexibility index (Phi) is 3.36. The van der Waals surface area contributed by atoms with E-state index in [1.807, 2.05) is 11.1 Å². The summed E-state index contributed by atoms with van der Waals surface area (Å²) >= 11 is 0. The molecule has 1 aromatic heterocycles. The van der Waals surface area contributed by atoms with Crippen LogP contribution in [-0.4, -0.2) is 28.5 Å². The van der Waals surface area contributed by atoms with E-state index in [4.69, 9.17) is 5.73 Å². The average molecular weight is 275 g/mol. The minimum absolute atomic E-state index is 0.108. The average Bonchev–Trinajstić information content (AvgIpc) is 2.98. The van der Waals surface area contributed by atoms with Gasteiger partial charge in [-0.1, -0.05) is 13.8 Å². The van der Waals surface area contributed by atoms with E-state index in [9.17, 15) is 4.79 Å². The van der Waals surface area contributed by atoms with Crippen LogP contribution in [0.1, 0.15) is 50.4 Å². The largest absolute Gasteiger partial charge is 0.342 e. The molecule has 2 aliphatic rings. The number of hydrogen-bond acceptors (Lipinski definition) is 2. The lowest BCUT2D eigenvalue weighted by Crippen LogP contribution is -2.34. The molecule has 0 bridgehead atoms. The van der Waals surface area contributed by atoms with Gasteiger partial charge in [0.2, 0.25) is 5.91 Å². The maximum atomic E-state index is 12.3. The number of fused-ring (bicyclic) bond motifs is 1. The summed E-state index contributed by atoms with van der Waals surface area (Å²) in [7, 11) is 0. The van der Waals surface area contributed by atoms with Crippen LogP contribution in [0, 0.1) is 5.41 Å². The molecule has 1 saturated heterocycles. The molecule has 20 heavy (non-hydrogen) atoms. The third-order valence-corrected chi connectivity index (χ3v) is 4.70. The second kappa shape index (κ2) is 4.92. The van der Waals surface area contributed by atoms with E-state index in [1.165, 1.54) is 11.3 Å². The molecular weight excluding hydrogens is 250 g/mol. The fourth-order valence-corrected chi connectivity index (χ4v) is 3.65. The van der Waals surface area contributed by atoms with E-state index < -0.39 is 0 Å². The van der Waals surface area contributed by atoms with E-state index in [0.29, 0.717) is 6.54 Å². The lowest BCUT2D eigenvalue weighted by atomic mass is 9.74. The first-order chi connectivity index (χ1) is 9.46. The Labute approximate surface area is 120 Å². The fourth-order valence-electron chi connectivity index (χ4n) is 3.65. The van der Waals surface area contributed by atoms with Crippen LogP contribution in [0.3, 0.4) is 0 Å². The van der Waals surface area contributed by atoms with Gasteiger partial charge in [0.05, 0.1) is 0 Å².